The van der Waals surface area contributed by atoms with Gasteiger partial charge in [0.2, 0.25) is 0 Å². The lowest BCUT2D eigenvalue weighted by molar-refractivity contribution is -0.133. The molecule has 0 saturated carbocycles. The molecule has 1 aromatic carbocycles. The van der Waals surface area contributed by atoms with Crippen LogP contribution in [0.15, 0.2) is 54.0 Å². The Morgan fingerprint density at radius 2 is 1.97 bits per heavy atom. The molecule has 0 saturated heterocycles. The number of carbonyl (C=O) groups is 3. The van der Waals surface area contributed by atoms with Gasteiger partial charge in [0.05, 0.1) is 23.7 Å². The van der Waals surface area contributed by atoms with E-state index in [1.165, 1.54) is 32.2 Å². The average Bonchev–Trinajstić information content (AvgIpc) is 2.73. The van der Waals surface area contributed by atoms with Gasteiger partial charge in [-0.3, -0.25) is 4.98 Å². The van der Waals surface area contributed by atoms with E-state index in [4.69, 9.17) is 21.1 Å². The number of rotatable bonds is 6. The van der Waals surface area contributed by atoms with Crippen LogP contribution >= 0.6 is 11.6 Å². The number of amides is 2. The van der Waals surface area contributed by atoms with Gasteiger partial charge < -0.3 is 25.2 Å². The van der Waals surface area contributed by atoms with Gasteiger partial charge in [-0.15, -0.1) is 0 Å². The Hall–Kier alpha value is -3.85. The number of esters is 1. The number of aliphatic carboxylic acids is 1. The third-order valence-electron chi connectivity index (χ3n) is 4.41. The first kappa shape index (κ1) is 21.8. The van der Waals surface area contributed by atoms with E-state index in [1.807, 2.05) is 0 Å². The van der Waals surface area contributed by atoms with Gasteiger partial charge >= 0.3 is 18.0 Å². The molecule has 1 aromatic heterocycles. The van der Waals surface area contributed by atoms with Crippen LogP contribution in [-0.2, 0) is 9.59 Å². The minimum Gasteiger partial charge on any atom is -0.493 e. The van der Waals surface area contributed by atoms with Gasteiger partial charge in [0, 0.05) is 24.2 Å². The average molecular weight is 444 g/mol. The second-order valence-electron chi connectivity index (χ2n) is 6.44. The molecule has 1 unspecified atom stereocenters. The highest BCUT2D eigenvalue weighted by atomic mass is 35.5. The summed E-state index contributed by atoms with van der Waals surface area (Å²) < 4.78 is 10.6. The standard InChI is InChI=1S/C21H18ClN3O6/c1-11-17(20(27)28)18(25-21(29)24-11)13-9-14(22)19(15(10-13)30-2)31-16(26)4-3-12-5-7-23-8-6-12/h3-10,18H,1-2H3,(H,27,28)(H2,24,25,29). The van der Waals surface area contributed by atoms with Crippen molar-refractivity contribution in [2.24, 2.45) is 0 Å². The van der Waals surface area contributed by atoms with E-state index < -0.39 is 24.0 Å². The molecular formula is C21H18ClN3O6. The molecule has 1 aliphatic rings. The van der Waals surface area contributed by atoms with Crippen LogP contribution in [0.2, 0.25) is 5.02 Å². The minimum atomic E-state index is -1.21. The molecule has 0 spiro atoms. The smallest absolute Gasteiger partial charge is 0.336 e. The zero-order valence-corrected chi connectivity index (χ0v) is 17.3. The van der Waals surface area contributed by atoms with Crippen LogP contribution in [0.4, 0.5) is 4.79 Å². The topological polar surface area (TPSA) is 127 Å². The lowest BCUT2D eigenvalue weighted by atomic mass is 9.95. The largest absolute Gasteiger partial charge is 0.493 e. The van der Waals surface area contributed by atoms with Crippen LogP contribution in [0, 0.1) is 0 Å². The monoisotopic (exact) mass is 443 g/mol. The summed E-state index contributed by atoms with van der Waals surface area (Å²) >= 11 is 6.31. The minimum absolute atomic E-state index is 0.00943. The SMILES string of the molecule is COc1cc(C2NC(=O)NC(C)=C2C(=O)O)cc(Cl)c1OC(=O)C=Cc1ccncc1. The summed E-state index contributed by atoms with van der Waals surface area (Å²) in [6.07, 6.45) is 5.95. The molecule has 1 aliphatic heterocycles. The molecule has 2 heterocycles. The fourth-order valence-corrected chi connectivity index (χ4v) is 3.26. The maximum absolute atomic E-state index is 12.2. The number of carboxylic acids is 1. The third-order valence-corrected chi connectivity index (χ3v) is 4.69. The van der Waals surface area contributed by atoms with Gasteiger partial charge in [-0.25, -0.2) is 14.4 Å². The van der Waals surface area contributed by atoms with Crippen molar-refractivity contribution in [2.75, 3.05) is 7.11 Å². The highest BCUT2D eigenvalue weighted by molar-refractivity contribution is 6.32. The molecule has 31 heavy (non-hydrogen) atoms. The summed E-state index contributed by atoms with van der Waals surface area (Å²) in [6, 6.07) is 4.76. The number of allylic oxidation sites excluding steroid dienone is 1. The molecule has 0 radical (unpaired) electrons. The zero-order valence-electron chi connectivity index (χ0n) is 16.5. The van der Waals surface area contributed by atoms with E-state index in [0.717, 1.165) is 5.56 Å². The molecule has 160 valence electrons. The predicted octanol–water partition coefficient (Wildman–Crippen LogP) is 3.07. The number of ether oxygens (including phenoxy) is 2. The quantitative estimate of drug-likeness (QED) is 0.355. The molecule has 10 heteroatoms. The molecular weight excluding hydrogens is 426 g/mol. The lowest BCUT2D eigenvalue weighted by Gasteiger charge is -2.27. The van der Waals surface area contributed by atoms with E-state index in [9.17, 15) is 19.5 Å². The normalized spacial score (nSPS) is 16.0. The number of methoxy groups -OCH3 is 1. The van der Waals surface area contributed by atoms with E-state index in [1.54, 1.807) is 30.6 Å². The number of nitrogens with one attached hydrogen (secondary N) is 2. The van der Waals surface area contributed by atoms with Crippen molar-refractivity contribution >= 4 is 35.6 Å². The number of carboxylic acid groups (broad SMARTS) is 1. The number of halogens is 1. The third kappa shape index (κ3) is 5.01. The number of urea groups is 1. The summed E-state index contributed by atoms with van der Waals surface area (Å²) in [4.78, 5) is 39.7. The van der Waals surface area contributed by atoms with Gasteiger partial charge in [0.1, 0.15) is 0 Å². The Balaban J connectivity index is 1.90. The van der Waals surface area contributed by atoms with E-state index >= 15 is 0 Å². The van der Waals surface area contributed by atoms with Gasteiger partial charge in [-0.05, 0) is 48.4 Å². The first-order valence-electron chi connectivity index (χ1n) is 8.99. The lowest BCUT2D eigenvalue weighted by Crippen LogP contribution is -2.45. The highest BCUT2D eigenvalue weighted by Crippen LogP contribution is 2.40. The van der Waals surface area contributed by atoms with Crippen molar-refractivity contribution in [2.45, 2.75) is 13.0 Å². The van der Waals surface area contributed by atoms with E-state index in [2.05, 4.69) is 15.6 Å². The molecule has 0 fully saturated rings. The van der Waals surface area contributed by atoms with E-state index in [-0.39, 0.29) is 27.8 Å². The Morgan fingerprint density at radius 3 is 2.61 bits per heavy atom. The molecule has 2 aromatic rings. The first-order valence-corrected chi connectivity index (χ1v) is 9.37. The number of nitrogens with zero attached hydrogens (tertiary/aromatic N) is 1. The Morgan fingerprint density at radius 1 is 1.26 bits per heavy atom. The van der Waals surface area contributed by atoms with Crippen molar-refractivity contribution in [3.05, 3.63) is 70.2 Å². The van der Waals surface area contributed by atoms with Crippen molar-refractivity contribution < 1.29 is 29.0 Å². The molecule has 3 rings (SSSR count). The Labute approximate surface area is 182 Å². The number of pyridine rings is 1. The zero-order chi connectivity index (χ0) is 22.5. The fourth-order valence-electron chi connectivity index (χ4n) is 3.01. The molecule has 9 nitrogen and oxygen atoms in total. The first-order chi connectivity index (χ1) is 14.8. The van der Waals surface area contributed by atoms with Gasteiger partial charge in [-0.1, -0.05) is 11.6 Å². The van der Waals surface area contributed by atoms with Gasteiger partial charge in [-0.2, -0.15) is 0 Å². The number of carbonyl (C=O) groups excluding carboxylic acids is 2. The number of aromatic nitrogens is 1. The van der Waals surface area contributed by atoms with Crippen LogP contribution in [0.1, 0.15) is 24.1 Å². The summed E-state index contributed by atoms with van der Waals surface area (Å²) in [6.45, 7) is 1.49. The molecule has 3 N–H and O–H groups in total. The van der Waals surface area contributed by atoms with E-state index in [0.29, 0.717) is 5.56 Å². The fraction of sp³-hybridized carbons (Fsp3) is 0.143. The van der Waals surface area contributed by atoms with Crippen LogP contribution in [0.25, 0.3) is 6.08 Å². The second kappa shape index (κ2) is 9.31. The number of benzene rings is 1. The second-order valence-corrected chi connectivity index (χ2v) is 6.85. The predicted molar refractivity (Wildman–Crippen MR) is 112 cm³/mol. The summed E-state index contributed by atoms with van der Waals surface area (Å²) in [5.41, 5.74) is 1.25. The van der Waals surface area contributed by atoms with Crippen LogP contribution in [-0.4, -0.2) is 35.2 Å². The number of hydrogen-bond acceptors (Lipinski definition) is 6. The van der Waals surface area contributed by atoms with Gasteiger partial charge in [0.15, 0.2) is 11.5 Å². The Kier molecular flexibility index (Phi) is 6.56. The summed E-state index contributed by atoms with van der Waals surface area (Å²) in [5.74, 6) is -1.83. The number of hydrogen-bond donors (Lipinski definition) is 3. The maximum atomic E-state index is 12.2. The highest BCUT2D eigenvalue weighted by Gasteiger charge is 2.32. The summed E-state index contributed by atoms with van der Waals surface area (Å²) in [5, 5.41) is 14.5. The maximum Gasteiger partial charge on any atom is 0.336 e. The van der Waals surface area contributed by atoms with Gasteiger partial charge in [0.25, 0.3) is 0 Å². The summed E-state index contributed by atoms with van der Waals surface area (Å²) in [7, 11) is 1.35. The van der Waals surface area contributed by atoms with Crippen molar-refractivity contribution in [3.8, 4) is 11.5 Å². The molecule has 0 aliphatic carbocycles. The van der Waals surface area contributed by atoms with Crippen molar-refractivity contribution in [1.29, 1.82) is 0 Å². The Bertz CT molecular complexity index is 1100. The van der Waals surface area contributed by atoms with Crippen LogP contribution in [0.5, 0.6) is 11.5 Å². The van der Waals surface area contributed by atoms with Crippen molar-refractivity contribution in [1.82, 2.24) is 15.6 Å². The van der Waals surface area contributed by atoms with Crippen molar-refractivity contribution in [3.63, 3.8) is 0 Å². The van der Waals surface area contributed by atoms with Crippen LogP contribution in [0.3, 0.4) is 0 Å². The molecule has 0 bridgehead atoms. The molecule has 1 atom stereocenters. The molecule has 2 amide bonds. The van der Waals surface area contributed by atoms with Crippen LogP contribution < -0.4 is 20.1 Å².